The number of esters is 1. The second-order valence-electron chi connectivity index (χ2n) is 7.18. The molecular formula is C19H28N2O7. The summed E-state index contributed by atoms with van der Waals surface area (Å²) < 4.78 is 9.83. The molecule has 0 bridgehead atoms. The maximum atomic E-state index is 12.3. The number of benzene rings is 1. The van der Waals surface area contributed by atoms with Crippen LogP contribution in [-0.4, -0.2) is 53.5 Å². The Morgan fingerprint density at radius 1 is 1.11 bits per heavy atom. The molecule has 0 aliphatic carbocycles. The molecule has 0 aliphatic heterocycles. The van der Waals surface area contributed by atoms with Gasteiger partial charge < -0.3 is 30.3 Å². The number of unbranched alkanes of at least 4 members (excludes halogenated alkanes) is 1. The van der Waals surface area contributed by atoms with Crippen LogP contribution in [0.15, 0.2) is 18.2 Å². The summed E-state index contributed by atoms with van der Waals surface area (Å²) in [5, 5.41) is 24.0. The number of aromatic hydroxyl groups is 2. The minimum atomic E-state index is -0.880. The van der Waals surface area contributed by atoms with Crippen LogP contribution in [0.4, 0.5) is 4.79 Å². The lowest BCUT2D eigenvalue weighted by atomic mass is 10.1. The molecule has 0 spiro atoms. The molecule has 1 rings (SSSR count). The number of rotatable bonds is 8. The van der Waals surface area contributed by atoms with E-state index in [1.54, 1.807) is 20.8 Å². The molecule has 0 aliphatic rings. The highest BCUT2D eigenvalue weighted by Gasteiger charge is 2.22. The van der Waals surface area contributed by atoms with Gasteiger partial charge in [0.05, 0.1) is 7.11 Å². The predicted octanol–water partition coefficient (Wildman–Crippen LogP) is 2.06. The molecule has 0 saturated heterocycles. The van der Waals surface area contributed by atoms with Crippen molar-refractivity contribution in [1.29, 1.82) is 0 Å². The third kappa shape index (κ3) is 8.15. The van der Waals surface area contributed by atoms with Crippen LogP contribution in [-0.2, 0) is 14.3 Å². The molecule has 9 nitrogen and oxygen atoms in total. The van der Waals surface area contributed by atoms with E-state index >= 15 is 0 Å². The number of phenolic OH excluding ortho intramolecular Hbond substituents is 2. The van der Waals surface area contributed by atoms with E-state index in [9.17, 15) is 24.6 Å². The van der Waals surface area contributed by atoms with Crippen molar-refractivity contribution in [2.45, 2.75) is 51.7 Å². The summed E-state index contributed by atoms with van der Waals surface area (Å²) in [6.45, 7) is 5.67. The second kappa shape index (κ2) is 10.4. The Balaban J connectivity index is 2.51. The molecule has 0 radical (unpaired) electrons. The first kappa shape index (κ1) is 23.1. The SMILES string of the molecule is COC(=O)C(CCCCNC(=O)OC(C)(C)C)NC(=O)c1ccc(O)c(O)c1. The van der Waals surface area contributed by atoms with E-state index in [0.717, 1.165) is 6.07 Å². The number of carbonyl (C=O) groups is 3. The Labute approximate surface area is 164 Å². The molecule has 0 heterocycles. The van der Waals surface area contributed by atoms with Crippen molar-refractivity contribution in [3.63, 3.8) is 0 Å². The van der Waals surface area contributed by atoms with Gasteiger partial charge in [-0.25, -0.2) is 9.59 Å². The molecule has 1 aromatic carbocycles. The van der Waals surface area contributed by atoms with Gasteiger partial charge in [-0.15, -0.1) is 0 Å². The zero-order valence-corrected chi connectivity index (χ0v) is 16.6. The van der Waals surface area contributed by atoms with Gasteiger partial charge in [-0.05, 0) is 58.2 Å². The standard InChI is InChI=1S/C19H28N2O7/c1-19(2,3)28-18(26)20-10-6-5-7-13(17(25)27-4)21-16(24)12-8-9-14(22)15(23)11-12/h8-9,11,13,22-23H,5-7,10H2,1-4H3,(H,20,26)(H,21,24). The minimum absolute atomic E-state index is 0.0933. The molecule has 1 atom stereocenters. The van der Waals surface area contributed by atoms with Crippen LogP contribution >= 0.6 is 0 Å². The van der Waals surface area contributed by atoms with Crippen LogP contribution in [0.2, 0.25) is 0 Å². The Morgan fingerprint density at radius 2 is 1.79 bits per heavy atom. The highest BCUT2D eigenvalue weighted by Crippen LogP contribution is 2.24. The zero-order chi connectivity index (χ0) is 21.3. The number of nitrogens with one attached hydrogen (secondary N) is 2. The van der Waals surface area contributed by atoms with Crippen LogP contribution in [0.1, 0.15) is 50.4 Å². The maximum absolute atomic E-state index is 12.3. The van der Waals surface area contributed by atoms with E-state index in [4.69, 9.17) is 9.47 Å². The summed E-state index contributed by atoms with van der Waals surface area (Å²) >= 11 is 0. The first-order chi connectivity index (χ1) is 13.0. The summed E-state index contributed by atoms with van der Waals surface area (Å²) in [5.74, 6) is -1.97. The minimum Gasteiger partial charge on any atom is -0.504 e. The number of amides is 2. The highest BCUT2D eigenvalue weighted by atomic mass is 16.6. The molecule has 4 N–H and O–H groups in total. The summed E-state index contributed by atoms with van der Waals surface area (Å²) in [4.78, 5) is 35.7. The van der Waals surface area contributed by atoms with Gasteiger partial charge >= 0.3 is 12.1 Å². The van der Waals surface area contributed by atoms with Crippen molar-refractivity contribution in [1.82, 2.24) is 10.6 Å². The fraction of sp³-hybridized carbons (Fsp3) is 0.526. The van der Waals surface area contributed by atoms with Gasteiger partial charge in [-0.2, -0.15) is 0 Å². The first-order valence-corrected chi connectivity index (χ1v) is 8.91. The molecule has 156 valence electrons. The molecule has 0 aromatic heterocycles. The normalized spacial score (nSPS) is 12.0. The number of hydrogen-bond donors (Lipinski definition) is 4. The van der Waals surface area contributed by atoms with Crippen molar-refractivity contribution in [3.8, 4) is 11.5 Å². The quantitative estimate of drug-likeness (QED) is 0.300. The molecular weight excluding hydrogens is 368 g/mol. The van der Waals surface area contributed by atoms with Crippen molar-refractivity contribution < 1.29 is 34.1 Å². The Hall–Kier alpha value is -2.97. The van der Waals surface area contributed by atoms with Crippen LogP contribution in [0.25, 0.3) is 0 Å². The van der Waals surface area contributed by atoms with Gasteiger partial charge in [0, 0.05) is 12.1 Å². The van der Waals surface area contributed by atoms with Gasteiger partial charge in [0.15, 0.2) is 11.5 Å². The van der Waals surface area contributed by atoms with E-state index in [-0.39, 0.29) is 11.3 Å². The van der Waals surface area contributed by atoms with E-state index < -0.39 is 35.4 Å². The molecule has 1 unspecified atom stereocenters. The van der Waals surface area contributed by atoms with Gasteiger partial charge in [-0.3, -0.25) is 4.79 Å². The number of alkyl carbamates (subject to hydrolysis) is 1. The third-order valence-corrected chi connectivity index (χ3v) is 3.62. The van der Waals surface area contributed by atoms with Crippen LogP contribution in [0.5, 0.6) is 11.5 Å². The Kier molecular flexibility index (Phi) is 8.56. The number of methoxy groups -OCH3 is 1. The van der Waals surface area contributed by atoms with Crippen molar-refractivity contribution in [2.24, 2.45) is 0 Å². The maximum Gasteiger partial charge on any atom is 0.407 e. The summed E-state index contributed by atoms with van der Waals surface area (Å²) in [6, 6.07) is 2.72. The molecule has 0 saturated carbocycles. The van der Waals surface area contributed by atoms with E-state index in [1.165, 1.54) is 19.2 Å². The molecule has 0 fully saturated rings. The molecule has 2 amide bonds. The Morgan fingerprint density at radius 3 is 2.36 bits per heavy atom. The van der Waals surface area contributed by atoms with Gasteiger partial charge in [0.2, 0.25) is 0 Å². The zero-order valence-electron chi connectivity index (χ0n) is 16.6. The van der Waals surface area contributed by atoms with Crippen LogP contribution in [0, 0.1) is 0 Å². The average molecular weight is 396 g/mol. The molecule has 28 heavy (non-hydrogen) atoms. The van der Waals surface area contributed by atoms with Crippen molar-refractivity contribution in [3.05, 3.63) is 23.8 Å². The van der Waals surface area contributed by atoms with E-state index in [0.29, 0.717) is 25.8 Å². The van der Waals surface area contributed by atoms with Crippen LogP contribution < -0.4 is 10.6 Å². The third-order valence-electron chi connectivity index (χ3n) is 3.62. The lowest BCUT2D eigenvalue weighted by Gasteiger charge is -2.20. The summed E-state index contributed by atoms with van der Waals surface area (Å²) in [5.41, 5.74) is -0.483. The highest BCUT2D eigenvalue weighted by molar-refractivity contribution is 5.97. The largest absolute Gasteiger partial charge is 0.504 e. The van der Waals surface area contributed by atoms with Gasteiger partial charge in [0.1, 0.15) is 11.6 Å². The number of phenols is 2. The first-order valence-electron chi connectivity index (χ1n) is 8.91. The summed E-state index contributed by atoms with van der Waals surface area (Å²) in [7, 11) is 1.22. The lowest BCUT2D eigenvalue weighted by Crippen LogP contribution is -2.41. The molecule has 1 aromatic rings. The van der Waals surface area contributed by atoms with E-state index in [2.05, 4.69) is 10.6 Å². The topological polar surface area (TPSA) is 134 Å². The van der Waals surface area contributed by atoms with Gasteiger partial charge in [0.25, 0.3) is 5.91 Å². The Bertz CT molecular complexity index is 698. The fourth-order valence-electron chi connectivity index (χ4n) is 2.28. The van der Waals surface area contributed by atoms with E-state index in [1.807, 2.05) is 0 Å². The van der Waals surface area contributed by atoms with Crippen LogP contribution in [0.3, 0.4) is 0 Å². The smallest absolute Gasteiger partial charge is 0.407 e. The predicted molar refractivity (Wildman–Crippen MR) is 101 cm³/mol. The monoisotopic (exact) mass is 396 g/mol. The summed E-state index contributed by atoms with van der Waals surface area (Å²) in [6.07, 6.45) is 0.898. The van der Waals surface area contributed by atoms with Crippen molar-refractivity contribution >= 4 is 18.0 Å². The van der Waals surface area contributed by atoms with Gasteiger partial charge in [-0.1, -0.05) is 0 Å². The molecule has 9 heteroatoms. The number of ether oxygens (including phenoxy) is 2. The average Bonchev–Trinajstić information content (AvgIpc) is 2.60. The second-order valence-corrected chi connectivity index (χ2v) is 7.18. The fourth-order valence-corrected chi connectivity index (χ4v) is 2.28. The van der Waals surface area contributed by atoms with Crippen molar-refractivity contribution in [2.75, 3.05) is 13.7 Å². The lowest BCUT2D eigenvalue weighted by molar-refractivity contribution is -0.143. The number of carbonyl (C=O) groups excluding carboxylic acids is 3. The number of hydrogen-bond acceptors (Lipinski definition) is 7.